The Kier molecular flexibility index (Phi) is 4.32. The minimum absolute atomic E-state index is 0.0547. The van der Waals surface area contributed by atoms with Crippen molar-refractivity contribution < 1.29 is 14.1 Å². The van der Waals surface area contributed by atoms with Crippen LogP contribution in [0.3, 0.4) is 0 Å². The van der Waals surface area contributed by atoms with E-state index in [0.717, 1.165) is 19.3 Å². The smallest absolute Gasteiger partial charge is 0.263 e. The first kappa shape index (κ1) is 19.1. The zero-order valence-electron chi connectivity index (χ0n) is 16.8. The van der Waals surface area contributed by atoms with Crippen molar-refractivity contribution >= 4 is 29.1 Å². The van der Waals surface area contributed by atoms with E-state index in [1.54, 1.807) is 12.1 Å². The number of fused-ring (bicyclic) bond motifs is 2. The molecule has 3 heterocycles. The van der Waals surface area contributed by atoms with Crippen molar-refractivity contribution in [3.05, 3.63) is 64.5 Å². The highest BCUT2D eigenvalue weighted by molar-refractivity contribution is 6.33. The van der Waals surface area contributed by atoms with Gasteiger partial charge < -0.3 is 4.52 Å². The summed E-state index contributed by atoms with van der Waals surface area (Å²) in [5.74, 6) is -0.136. The lowest BCUT2D eigenvalue weighted by Crippen LogP contribution is -2.39. The third-order valence-corrected chi connectivity index (χ3v) is 6.41. The average Bonchev–Trinajstić information content (AvgIpc) is 3.56. The fraction of sp³-hybridized carbons (Fsp3) is 0.273. The number of rotatable bonds is 4. The fourth-order valence-electron chi connectivity index (χ4n) is 4.52. The van der Waals surface area contributed by atoms with Crippen LogP contribution < -0.4 is 4.90 Å². The minimum Gasteiger partial charge on any atom is -0.337 e. The van der Waals surface area contributed by atoms with E-state index in [1.165, 1.54) is 21.0 Å². The number of carbonyl (C=O) groups excluding carboxylic acids is 2. The third-order valence-electron chi connectivity index (χ3n) is 6.08. The van der Waals surface area contributed by atoms with Crippen molar-refractivity contribution in [1.29, 1.82) is 0 Å². The van der Waals surface area contributed by atoms with Gasteiger partial charge in [-0.3, -0.25) is 14.6 Å². The quantitative estimate of drug-likeness (QED) is 0.567. The number of carbonyl (C=O) groups is 2. The first-order valence-electron chi connectivity index (χ1n) is 10.3. The van der Waals surface area contributed by atoms with Crippen LogP contribution in [0, 0.1) is 0 Å². The Morgan fingerprint density at radius 1 is 1.06 bits per heavy atom. The zero-order valence-corrected chi connectivity index (χ0v) is 17.6. The SMILES string of the molecule is O=C1[C@@H]2[C@@H](N=NN2Cc2nc(-c3ccccc3Cl)no2)C(=O)N1c1ccc2c(c1)CCC2. The van der Waals surface area contributed by atoms with E-state index in [1.807, 2.05) is 30.3 Å². The molecule has 10 heteroatoms. The third kappa shape index (κ3) is 2.92. The fourth-order valence-corrected chi connectivity index (χ4v) is 4.74. The number of hydrogen-bond donors (Lipinski definition) is 0. The molecule has 1 saturated heterocycles. The highest BCUT2D eigenvalue weighted by Gasteiger charge is 2.55. The van der Waals surface area contributed by atoms with Gasteiger partial charge in [0.25, 0.3) is 11.8 Å². The summed E-state index contributed by atoms with van der Waals surface area (Å²) < 4.78 is 5.34. The topological polar surface area (TPSA) is 104 Å². The lowest BCUT2D eigenvalue weighted by molar-refractivity contribution is -0.123. The van der Waals surface area contributed by atoms with Crippen LogP contribution in [0.4, 0.5) is 5.69 Å². The maximum absolute atomic E-state index is 13.2. The summed E-state index contributed by atoms with van der Waals surface area (Å²) in [6.07, 6.45) is 3.09. The van der Waals surface area contributed by atoms with Gasteiger partial charge in [-0.15, -0.1) is 0 Å². The van der Waals surface area contributed by atoms with E-state index in [4.69, 9.17) is 16.1 Å². The van der Waals surface area contributed by atoms with Crippen molar-refractivity contribution in [3.8, 4) is 11.4 Å². The highest BCUT2D eigenvalue weighted by Crippen LogP contribution is 2.35. The summed E-state index contributed by atoms with van der Waals surface area (Å²) in [7, 11) is 0. The molecule has 3 aromatic rings. The van der Waals surface area contributed by atoms with Gasteiger partial charge in [0.15, 0.2) is 12.1 Å². The molecule has 6 rings (SSSR count). The molecule has 0 saturated carbocycles. The number of halogens is 1. The Morgan fingerprint density at radius 2 is 1.91 bits per heavy atom. The van der Waals surface area contributed by atoms with Crippen LogP contribution in [-0.4, -0.2) is 39.0 Å². The highest BCUT2D eigenvalue weighted by atomic mass is 35.5. The molecule has 160 valence electrons. The van der Waals surface area contributed by atoms with Crippen LogP contribution in [0.25, 0.3) is 11.4 Å². The van der Waals surface area contributed by atoms with Gasteiger partial charge in [0.05, 0.1) is 10.7 Å². The number of nitrogens with zero attached hydrogens (tertiary/aromatic N) is 6. The van der Waals surface area contributed by atoms with E-state index in [2.05, 4.69) is 20.5 Å². The van der Waals surface area contributed by atoms with Crippen molar-refractivity contribution in [2.24, 2.45) is 10.3 Å². The van der Waals surface area contributed by atoms with E-state index in [-0.39, 0.29) is 24.2 Å². The molecule has 2 aliphatic heterocycles. The van der Waals surface area contributed by atoms with Crippen LogP contribution in [0.15, 0.2) is 57.3 Å². The number of aromatic nitrogens is 2. The largest absolute Gasteiger partial charge is 0.337 e. The van der Waals surface area contributed by atoms with E-state index >= 15 is 0 Å². The van der Waals surface area contributed by atoms with Gasteiger partial charge in [0.1, 0.15) is 6.54 Å². The maximum Gasteiger partial charge on any atom is 0.263 e. The molecule has 0 bridgehead atoms. The Morgan fingerprint density at radius 3 is 2.78 bits per heavy atom. The Balaban J connectivity index is 1.24. The first-order valence-corrected chi connectivity index (χ1v) is 10.7. The normalized spacial score (nSPS) is 21.5. The van der Waals surface area contributed by atoms with E-state index < -0.39 is 12.1 Å². The molecule has 1 aromatic heterocycles. The summed E-state index contributed by atoms with van der Waals surface area (Å²) in [5.41, 5.74) is 3.70. The van der Waals surface area contributed by atoms with E-state index in [0.29, 0.717) is 22.1 Å². The first-order chi connectivity index (χ1) is 15.6. The van der Waals surface area contributed by atoms with Crippen molar-refractivity contribution in [1.82, 2.24) is 15.1 Å². The monoisotopic (exact) mass is 448 g/mol. The van der Waals surface area contributed by atoms with Crippen molar-refractivity contribution in [2.45, 2.75) is 37.9 Å². The Bertz CT molecular complexity index is 1290. The van der Waals surface area contributed by atoms with Gasteiger partial charge >= 0.3 is 0 Å². The standard InChI is InChI=1S/C22H17ClN6O3/c23-16-7-2-1-6-15(16)20-24-17(32-26-20)11-28-19-18(25-27-28)21(30)29(22(19)31)14-9-8-12-4-3-5-13(12)10-14/h1-2,6-10,18-19H,3-5,11H2/t18-,19+/m1/s1. The Labute approximate surface area is 187 Å². The molecular formula is C22H17ClN6O3. The van der Waals surface area contributed by atoms with Crippen molar-refractivity contribution in [3.63, 3.8) is 0 Å². The summed E-state index contributed by atoms with van der Waals surface area (Å²) >= 11 is 6.20. The molecule has 2 amide bonds. The molecule has 9 nitrogen and oxygen atoms in total. The van der Waals surface area contributed by atoms with E-state index in [9.17, 15) is 9.59 Å². The molecule has 2 aromatic carbocycles. The minimum atomic E-state index is -0.873. The number of imide groups is 1. The number of hydrogen-bond acceptors (Lipinski definition) is 8. The van der Waals surface area contributed by atoms with Crippen LogP contribution >= 0.6 is 11.6 Å². The van der Waals surface area contributed by atoms with Crippen LogP contribution in [-0.2, 0) is 29.0 Å². The summed E-state index contributed by atoms with van der Waals surface area (Å²) in [4.78, 5) is 31.8. The second-order valence-corrected chi connectivity index (χ2v) is 8.41. The molecule has 0 unspecified atom stereocenters. The zero-order chi connectivity index (χ0) is 21.8. The number of amides is 2. The van der Waals surface area contributed by atoms with Gasteiger partial charge in [0.2, 0.25) is 11.7 Å². The van der Waals surface area contributed by atoms with Crippen LogP contribution in [0.5, 0.6) is 0 Å². The molecule has 2 atom stereocenters. The lowest BCUT2D eigenvalue weighted by atomic mass is 10.1. The predicted molar refractivity (Wildman–Crippen MR) is 114 cm³/mol. The molecule has 0 N–H and O–H groups in total. The summed E-state index contributed by atoms with van der Waals surface area (Å²) in [6.45, 7) is 0.0547. The van der Waals surface area contributed by atoms with Gasteiger partial charge in [-0.2, -0.15) is 10.1 Å². The van der Waals surface area contributed by atoms with Crippen LogP contribution in [0.1, 0.15) is 23.4 Å². The second kappa shape index (κ2) is 7.23. The molecular weight excluding hydrogens is 432 g/mol. The molecule has 32 heavy (non-hydrogen) atoms. The summed E-state index contributed by atoms with van der Waals surface area (Å²) in [6, 6.07) is 11.2. The van der Waals surface area contributed by atoms with Gasteiger partial charge in [-0.1, -0.05) is 40.2 Å². The molecule has 1 fully saturated rings. The summed E-state index contributed by atoms with van der Waals surface area (Å²) in [5, 5.41) is 14.0. The van der Waals surface area contributed by atoms with Gasteiger partial charge in [-0.25, -0.2) is 4.90 Å². The molecule has 0 spiro atoms. The maximum atomic E-state index is 13.2. The van der Waals surface area contributed by atoms with Gasteiger partial charge in [0, 0.05) is 5.56 Å². The number of anilines is 1. The lowest BCUT2D eigenvalue weighted by Gasteiger charge is -2.19. The average molecular weight is 449 g/mol. The number of aryl methyl sites for hydroxylation is 2. The molecule has 0 radical (unpaired) electrons. The van der Waals surface area contributed by atoms with Gasteiger partial charge in [-0.05, 0) is 54.7 Å². The molecule has 3 aliphatic rings. The predicted octanol–water partition coefficient (Wildman–Crippen LogP) is 3.37. The molecule has 1 aliphatic carbocycles. The Hall–Kier alpha value is -3.59. The second-order valence-electron chi connectivity index (χ2n) is 8.00. The number of benzene rings is 2. The van der Waals surface area contributed by atoms with Crippen LogP contribution in [0.2, 0.25) is 5.02 Å². The van der Waals surface area contributed by atoms with Crippen molar-refractivity contribution in [2.75, 3.05) is 4.90 Å².